The van der Waals surface area contributed by atoms with Crippen LogP contribution in [0.25, 0.3) is 10.8 Å². The van der Waals surface area contributed by atoms with Gasteiger partial charge in [-0.05, 0) is 68.1 Å². The second-order valence-electron chi connectivity index (χ2n) is 13.0. The third-order valence-corrected chi connectivity index (χ3v) is 10.3. The van der Waals surface area contributed by atoms with E-state index >= 15 is 0 Å². The van der Waals surface area contributed by atoms with E-state index in [0.29, 0.717) is 56.4 Å². The smallest absolute Gasteiger partial charge is 0.318 e. The van der Waals surface area contributed by atoms with Crippen molar-refractivity contribution < 1.29 is 21.4 Å². The van der Waals surface area contributed by atoms with Crippen molar-refractivity contribution in [1.82, 2.24) is 20.2 Å². The van der Waals surface area contributed by atoms with E-state index in [-0.39, 0.29) is 37.1 Å². The molecule has 4 fully saturated rings. The number of benzene rings is 2. The van der Waals surface area contributed by atoms with Gasteiger partial charge in [0, 0.05) is 70.1 Å². The molecule has 0 amide bonds. The van der Waals surface area contributed by atoms with Crippen LogP contribution in [0.3, 0.4) is 0 Å². The predicted molar refractivity (Wildman–Crippen MR) is 162 cm³/mol. The van der Waals surface area contributed by atoms with Gasteiger partial charge < -0.3 is 25.0 Å². The topological polar surface area (TPSA) is 77.0 Å². The lowest BCUT2D eigenvalue weighted by atomic mass is 9.95. The van der Waals surface area contributed by atoms with Crippen molar-refractivity contribution in [2.45, 2.75) is 82.2 Å². The first-order valence-electron chi connectivity index (χ1n) is 16.8. The fourth-order valence-corrected chi connectivity index (χ4v) is 8.24. The van der Waals surface area contributed by atoms with Crippen LogP contribution in [0.15, 0.2) is 24.3 Å². The van der Waals surface area contributed by atoms with Gasteiger partial charge in [-0.2, -0.15) is 9.97 Å². The number of rotatable bonds is 6. The SMILES string of the molecule is [2H]C1([2H])CC[C@@]2(COc3nc4c(c(N5C[C@H]6CC[C@@H](C5)N6)n3)CCN(c3cc(O)cc5ccc(F)c(CC)c35)C4)C[C@@H](F)CN12. The third kappa shape index (κ3) is 4.68. The number of nitrogens with one attached hydrogen (secondary N) is 1. The van der Waals surface area contributed by atoms with E-state index in [1.807, 2.05) is 6.92 Å². The minimum absolute atomic E-state index is 0.0728. The van der Waals surface area contributed by atoms with E-state index in [4.69, 9.17) is 17.4 Å². The zero-order valence-electron chi connectivity index (χ0n) is 26.6. The van der Waals surface area contributed by atoms with Gasteiger partial charge in [-0.15, -0.1) is 0 Å². The predicted octanol–water partition coefficient (Wildman–Crippen LogP) is 4.50. The summed E-state index contributed by atoms with van der Waals surface area (Å²) in [7, 11) is 0. The van der Waals surface area contributed by atoms with Crippen molar-refractivity contribution >= 4 is 22.3 Å². The van der Waals surface area contributed by atoms with Crippen LogP contribution in [0.2, 0.25) is 0 Å². The Labute approximate surface area is 253 Å². The molecule has 10 heteroatoms. The van der Waals surface area contributed by atoms with Gasteiger partial charge >= 0.3 is 6.01 Å². The largest absolute Gasteiger partial charge is 0.508 e. The molecule has 6 heterocycles. The number of hydrogen-bond acceptors (Lipinski definition) is 8. The first-order chi connectivity index (χ1) is 21.6. The number of phenolic OH excluding ortho intramolecular Hbond substituents is 1. The highest BCUT2D eigenvalue weighted by Crippen LogP contribution is 2.42. The highest BCUT2D eigenvalue weighted by molar-refractivity contribution is 5.98. The molecule has 0 unspecified atom stereocenters. The normalized spacial score (nSPS) is 30.3. The van der Waals surface area contributed by atoms with Gasteiger partial charge in [-0.3, -0.25) is 4.90 Å². The average molecular weight is 593 g/mol. The van der Waals surface area contributed by atoms with E-state index in [2.05, 4.69) is 15.1 Å². The lowest BCUT2D eigenvalue weighted by molar-refractivity contribution is 0.107. The van der Waals surface area contributed by atoms with Gasteiger partial charge in [-0.25, -0.2) is 8.78 Å². The molecule has 2 bridgehead atoms. The summed E-state index contributed by atoms with van der Waals surface area (Å²) in [4.78, 5) is 16.1. The zero-order valence-corrected chi connectivity index (χ0v) is 24.6. The Hall–Kier alpha value is -3.24. The molecule has 0 spiro atoms. The Morgan fingerprint density at radius 1 is 1.16 bits per heavy atom. The molecule has 0 saturated carbocycles. The summed E-state index contributed by atoms with van der Waals surface area (Å²) in [5.41, 5.74) is 2.58. The number of aromatic hydroxyl groups is 1. The van der Waals surface area contributed by atoms with E-state index in [9.17, 15) is 13.9 Å². The number of aryl methyl sites for hydroxylation is 1. The molecule has 2 aromatic carbocycles. The average Bonchev–Trinajstić information content (AvgIpc) is 3.63. The fraction of sp³-hybridized carbons (Fsp3) is 0.576. The standard InChI is InChI=1S/C33H40F2N6O2/c1-2-25-27(35)7-4-20-12-24(42)13-29(30(20)25)39-11-8-26-28(18-39)37-32(38-31(26)40-16-22-5-6-23(17-40)36-22)43-19-33-9-3-10-41(33)15-21(34)14-33/h4,7,12-13,21-23,36,42H,2-3,5-6,8-11,14-19H2,1H3/t21-,22-,23+,33+/m1/s1/i10D2. The molecule has 8 rings (SSSR count). The Morgan fingerprint density at radius 3 is 2.81 bits per heavy atom. The molecule has 3 aromatic rings. The van der Waals surface area contributed by atoms with E-state index in [1.165, 1.54) is 6.07 Å². The number of nitrogens with zero attached hydrogens (tertiary/aromatic N) is 5. The Bertz CT molecular complexity index is 1650. The molecular formula is C33H40F2N6O2. The number of fused-ring (bicyclic) bond motifs is 5. The van der Waals surface area contributed by atoms with Crippen molar-refractivity contribution in [2.75, 3.05) is 49.1 Å². The highest BCUT2D eigenvalue weighted by atomic mass is 19.1. The van der Waals surface area contributed by atoms with Crippen LogP contribution in [0.5, 0.6) is 11.8 Å². The summed E-state index contributed by atoms with van der Waals surface area (Å²) < 4.78 is 52.9. The number of hydrogen-bond donors (Lipinski definition) is 2. The number of halogens is 2. The number of piperazine rings is 1. The van der Waals surface area contributed by atoms with Crippen LogP contribution in [-0.4, -0.2) is 83.1 Å². The first-order valence-corrected chi connectivity index (χ1v) is 15.8. The molecule has 1 aromatic heterocycles. The fourth-order valence-electron chi connectivity index (χ4n) is 8.24. The van der Waals surface area contributed by atoms with Crippen LogP contribution < -0.4 is 19.9 Å². The van der Waals surface area contributed by atoms with Gasteiger partial charge in [0.2, 0.25) is 0 Å². The van der Waals surface area contributed by atoms with Gasteiger partial charge in [0.05, 0.1) is 17.8 Å². The third-order valence-electron chi connectivity index (χ3n) is 10.3. The van der Waals surface area contributed by atoms with Crippen LogP contribution in [0.4, 0.5) is 20.3 Å². The van der Waals surface area contributed by atoms with Crippen LogP contribution in [0.1, 0.15) is 58.6 Å². The molecule has 5 aliphatic rings. The summed E-state index contributed by atoms with van der Waals surface area (Å²) in [5.74, 6) is 0.749. The number of alkyl halides is 1. The van der Waals surface area contributed by atoms with E-state index < -0.39 is 18.2 Å². The molecule has 0 radical (unpaired) electrons. The Kier molecular flexibility index (Phi) is 6.10. The first kappa shape index (κ1) is 25.1. The number of aromatic nitrogens is 2. The lowest BCUT2D eigenvalue weighted by Gasteiger charge is -2.38. The summed E-state index contributed by atoms with van der Waals surface area (Å²) in [6.45, 7) is 3.36. The molecule has 8 nitrogen and oxygen atoms in total. The summed E-state index contributed by atoms with van der Waals surface area (Å²) in [5, 5.41) is 15.9. The zero-order chi connectivity index (χ0) is 31.1. The van der Waals surface area contributed by atoms with Gasteiger partial charge in [-0.1, -0.05) is 13.0 Å². The number of phenols is 1. The van der Waals surface area contributed by atoms with Gasteiger partial charge in [0.1, 0.15) is 30.2 Å². The maximum absolute atomic E-state index is 15.0. The van der Waals surface area contributed by atoms with E-state index in [0.717, 1.165) is 59.5 Å². The molecule has 0 aliphatic carbocycles. The second-order valence-corrected chi connectivity index (χ2v) is 13.0. The van der Waals surface area contributed by atoms with Crippen molar-refractivity contribution in [3.05, 3.63) is 46.9 Å². The van der Waals surface area contributed by atoms with E-state index in [1.54, 1.807) is 23.1 Å². The van der Waals surface area contributed by atoms with Crippen molar-refractivity contribution in [3.8, 4) is 11.8 Å². The summed E-state index contributed by atoms with van der Waals surface area (Å²) in [6, 6.07) is 7.62. The monoisotopic (exact) mass is 592 g/mol. The Morgan fingerprint density at radius 2 is 2.00 bits per heavy atom. The molecule has 2 N–H and O–H groups in total. The van der Waals surface area contributed by atoms with Gasteiger partial charge in [0.25, 0.3) is 0 Å². The van der Waals surface area contributed by atoms with Gasteiger partial charge in [0.15, 0.2) is 0 Å². The summed E-state index contributed by atoms with van der Waals surface area (Å²) >= 11 is 0. The number of anilines is 2. The molecule has 228 valence electrons. The molecule has 43 heavy (non-hydrogen) atoms. The molecule has 5 aliphatic heterocycles. The minimum atomic E-state index is -1.56. The van der Waals surface area contributed by atoms with Crippen LogP contribution >= 0.6 is 0 Å². The van der Waals surface area contributed by atoms with Crippen LogP contribution in [-0.2, 0) is 19.4 Å². The molecule has 4 saturated heterocycles. The van der Waals surface area contributed by atoms with Crippen molar-refractivity contribution in [3.63, 3.8) is 0 Å². The molecule has 4 atom stereocenters. The minimum Gasteiger partial charge on any atom is -0.508 e. The second kappa shape index (κ2) is 10.4. The molecular weight excluding hydrogens is 550 g/mol. The Balaban J connectivity index is 1.16. The maximum atomic E-state index is 15.0. The summed E-state index contributed by atoms with van der Waals surface area (Å²) in [6.07, 6.45) is 3.49. The van der Waals surface area contributed by atoms with Crippen molar-refractivity contribution in [1.29, 1.82) is 0 Å². The van der Waals surface area contributed by atoms with Crippen LogP contribution in [0, 0.1) is 5.82 Å². The quantitative estimate of drug-likeness (QED) is 0.434. The lowest BCUT2D eigenvalue weighted by Crippen LogP contribution is -2.52. The maximum Gasteiger partial charge on any atom is 0.318 e. The highest BCUT2D eigenvalue weighted by Gasteiger charge is 2.49. The number of ether oxygens (including phenoxy) is 1. The van der Waals surface area contributed by atoms with Crippen molar-refractivity contribution in [2.24, 2.45) is 0 Å².